The van der Waals surface area contributed by atoms with Gasteiger partial charge in [-0.05, 0) is 47.9 Å². The number of amides is 2. The number of nitrogens with zero attached hydrogens (tertiary/aromatic N) is 2. The van der Waals surface area contributed by atoms with E-state index in [1.165, 1.54) is 6.08 Å². The van der Waals surface area contributed by atoms with Crippen LogP contribution in [0.25, 0.3) is 11.8 Å². The Morgan fingerprint density at radius 2 is 1.78 bits per heavy atom. The minimum Gasteiger partial charge on any atom is -0.306 e. The van der Waals surface area contributed by atoms with Crippen LogP contribution >= 0.6 is 0 Å². The van der Waals surface area contributed by atoms with E-state index < -0.39 is 5.91 Å². The number of hydrogen-bond donors (Lipinski definition) is 2. The Bertz CT molecular complexity index is 927. The number of aromatic nitrogens is 2. The SMILES string of the molecule is CCc1ccc(C(=O)NNC(=O)/C=C/c2ccc(-n3ccnc3)cc2)cc1. The monoisotopic (exact) mass is 360 g/mol. The summed E-state index contributed by atoms with van der Waals surface area (Å²) in [7, 11) is 0. The van der Waals surface area contributed by atoms with Gasteiger partial charge in [-0.1, -0.05) is 31.2 Å². The van der Waals surface area contributed by atoms with Crippen molar-refractivity contribution in [2.24, 2.45) is 0 Å². The van der Waals surface area contributed by atoms with Crippen LogP contribution in [0.4, 0.5) is 0 Å². The number of benzene rings is 2. The third kappa shape index (κ3) is 4.92. The first-order valence-corrected chi connectivity index (χ1v) is 8.61. The van der Waals surface area contributed by atoms with Gasteiger partial charge in [-0.15, -0.1) is 0 Å². The summed E-state index contributed by atoms with van der Waals surface area (Å²) in [6.07, 6.45) is 9.24. The fourth-order valence-electron chi connectivity index (χ4n) is 2.47. The molecule has 0 unspecified atom stereocenters. The molecule has 1 heterocycles. The quantitative estimate of drug-likeness (QED) is 0.543. The van der Waals surface area contributed by atoms with Crippen LogP contribution in [-0.4, -0.2) is 21.4 Å². The molecule has 6 heteroatoms. The molecule has 1 aromatic heterocycles. The van der Waals surface area contributed by atoms with Crippen molar-refractivity contribution < 1.29 is 9.59 Å². The zero-order valence-corrected chi connectivity index (χ0v) is 14.9. The average molecular weight is 360 g/mol. The minimum atomic E-state index is -0.410. The number of rotatable bonds is 5. The second-order valence-electron chi connectivity index (χ2n) is 5.89. The zero-order chi connectivity index (χ0) is 19.1. The summed E-state index contributed by atoms with van der Waals surface area (Å²) < 4.78 is 1.89. The van der Waals surface area contributed by atoms with E-state index in [1.54, 1.807) is 30.7 Å². The smallest absolute Gasteiger partial charge is 0.269 e. The van der Waals surface area contributed by atoms with Crippen molar-refractivity contribution in [1.82, 2.24) is 20.4 Å². The molecule has 2 N–H and O–H groups in total. The van der Waals surface area contributed by atoms with Crippen molar-refractivity contribution in [3.63, 3.8) is 0 Å². The molecule has 0 aliphatic heterocycles. The maximum absolute atomic E-state index is 12.0. The molecule has 6 nitrogen and oxygen atoms in total. The Morgan fingerprint density at radius 3 is 2.41 bits per heavy atom. The molecule has 0 saturated carbocycles. The Hall–Kier alpha value is -3.67. The van der Waals surface area contributed by atoms with Crippen LogP contribution in [0.15, 0.2) is 73.3 Å². The molecule has 27 heavy (non-hydrogen) atoms. The van der Waals surface area contributed by atoms with Gasteiger partial charge in [0.15, 0.2) is 0 Å². The fraction of sp³-hybridized carbons (Fsp3) is 0.0952. The van der Waals surface area contributed by atoms with E-state index in [-0.39, 0.29) is 5.91 Å². The first kappa shape index (κ1) is 18.1. The average Bonchev–Trinajstić information content (AvgIpc) is 3.26. The number of carbonyl (C=O) groups is 2. The van der Waals surface area contributed by atoms with Gasteiger partial charge in [0.25, 0.3) is 11.8 Å². The lowest BCUT2D eigenvalue weighted by molar-refractivity contribution is -0.117. The molecule has 0 aliphatic rings. The Labute approximate surface area is 157 Å². The van der Waals surface area contributed by atoms with Crippen molar-refractivity contribution in [2.45, 2.75) is 13.3 Å². The number of aryl methyl sites for hydroxylation is 1. The molecule has 0 spiro atoms. The van der Waals surface area contributed by atoms with Crippen LogP contribution in [0.5, 0.6) is 0 Å². The summed E-state index contributed by atoms with van der Waals surface area (Å²) >= 11 is 0. The highest BCUT2D eigenvalue weighted by Gasteiger charge is 2.05. The van der Waals surface area contributed by atoms with Crippen LogP contribution in [0.3, 0.4) is 0 Å². The first-order valence-electron chi connectivity index (χ1n) is 8.61. The van der Waals surface area contributed by atoms with Gasteiger partial charge < -0.3 is 4.57 Å². The predicted octanol–water partition coefficient (Wildman–Crippen LogP) is 2.91. The van der Waals surface area contributed by atoms with Crippen LogP contribution in [0, 0.1) is 0 Å². The van der Waals surface area contributed by atoms with E-state index in [4.69, 9.17) is 0 Å². The molecular weight excluding hydrogens is 340 g/mol. The maximum Gasteiger partial charge on any atom is 0.269 e. The molecule has 2 amide bonds. The molecule has 0 aliphatic carbocycles. The van der Waals surface area contributed by atoms with Gasteiger partial charge in [0.2, 0.25) is 0 Å². The molecule has 2 aromatic carbocycles. The van der Waals surface area contributed by atoms with Crippen LogP contribution in [-0.2, 0) is 11.2 Å². The van der Waals surface area contributed by atoms with Crippen molar-refractivity contribution >= 4 is 17.9 Å². The van der Waals surface area contributed by atoms with Gasteiger partial charge in [0.05, 0.1) is 6.33 Å². The number of carbonyl (C=O) groups excluding carboxylic acids is 2. The lowest BCUT2D eigenvalue weighted by Gasteiger charge is -2.06. The number of hydrogen-bond acceptors (Lipinski definition) is 3. The van der Waals surface area contributed by atoms with E-state index in [9.17, 15) is 9.59 Å². The van der Waals surface area contributed by atoms with Crippen LogP contribution in [0.2, 0.25) is 0 Å². The van der Waals surface area contributed by atoms with Crippen molar-refractivity contribution in [3.05, 3.63) is 90.0 Å². The molecule has 0 radical (unpaired) electrons. The molecule has 0 fully saturated rings. The summed E-state index contributed by atoms with van der Waals surface area (Å²) in [5.41, 5.74) is 8.27. The summed E-state index contributed by atoms with van der Waals surface area (Å²) in [5.74, 6) is -0.767. The van der Waals surface area contributed by atoms with E-state index in [2.05, 4.69) is 15.8 Å². The lowest BCUT2D eigenvalue weighted by atomic mass is 10.1. The highest BCUT2D eigenvalue weighted by molar-refractivity contribution is 5.97. The number of hydrazine groups is 1. The Kier molecular flexibility index (Phi) is 5.79. The van der Waals surface area contributed by atoms with E-state index >= 15 is 0 Å². The standard InChI is InChI=1S/C21H20N4O2/c1-2-16-3-8-18(9-4-16)21(27)24-23-20(26)12-7-17-5-10-19(11-6-17)25-14-13-22-15-25/h3-15H,2H2,1H3,(H,23,26)(H,24,27)/b12-7+. The summed E-state index contributed by atoms with van der Waals surface area (Å²) in [5, 5.41) is 0. The summed E-state index contributed by atoms with van der Waals surface area (Å²) in [6, 6.07) is 14.9. The molecule has 0 bridgehead atoms. The zero-order valence-electron chi connectivity index (χ0n) is 14.9. The van der Waals surface area contributed by atoms with Crippen LogP contribution in [0.1, 0.15) is 28.4 Å². The van der Waals surface area contributed by atoms with Crippen molar-refractivity contribution in [3.8, 4) is 5.69 Å². The van der Waals surface area contributed by atoms with Crippen molar-refractivity contribution in [2.75, 3.05) is 0 Å². The van der Waals surface area contributed by atoms with Gasteiger partial charge in [-0.2, -0.15) is 0 Å². The minimum absolute atomic E-state index is 0.357. The van der Waals surface area contributed by atoms with Gasteiger partial charge in [0.1, 0.15) is 0 Å². The van der Waals surface area contributed by atoms with Gasteiger partial charge in [-0.25, -0.2) is 4.98 Å². The largest absolute Gasteiger partial charge is 0.306 e. The topological polar surface area (TPSA) is 76.0 Å². The molecule has 0 saturated heterocycles. The summed E-state index contributed by atoms with van der Waals surface area (Å²) in [6.45, 7) is 2.05. The third-order valence-electron chi connectivity index (χ3n) is 4.05. The third-order valence-corrected chi connectivity index (χ3v) is 4.05. The molecule has 3 rings (SSSR count). The van der Waals surface area contributed by atoms with E-state index in [0.717, 1.165) is 23.2 Å². The number of imidazole rings is 1. The van der Waals surface area contributed by atoms with Crippen molar-refractivity contribution in [1.29, 1.82) is 0 Å². The highest BCUT2D eigenvalue weighted by Crippen LogP contribution is 2.10. The van der Waals surface area contributed by atoms with Gasteiger partial charge >= 0.3 is 0 Å². The normalized spacial score (nSPS) is 10.7. The maximum atomic E-state index is 12.0. The summed E-state index contributed by atoms with van der Waals surface area (Å²) in [4.78, 5) is 27.9. The molecule has 0 atom stereocenters. The molecular formula is C21H20N4O2. The van der Waals surface area contributed by atoms with Crippen LogP contribution < -0.4 is 10.9 Å². The number of nitrogens with one attached hydrogen (secondary N) is 2. The molecule has 136 valence electrons. The predicted molar refractivity (Wildman–Crippen MR) is 104 cm³/mol. The first-order chi connectivity index (χ1) is 13.2. The second-order valence-corrected chi connectivity index (χ2v) is 5.89. The lowest BCUT2D eigenvalue weighted by Crippen LogP contribution is -2.40. The van der Waals surface area contributed by atoms with E-state index in [1.807, 2.05) is 54.1 Å². The Morgan fingerprint density at radius 1 is 1.04 bits per heavy atom. The second kappa shape index (κ2) is 8.62. The van der Waals surface area contributed by atoms with Gasteiger partial charge in [-0.3, -0.25) is 20.4 Å². The molecule has 3 aromatic rings. The highest BCUT2D eigenvalue weighted by atomic mass is 16.2. The van der Waals surface area contributed by atoms with Gasteiger partial charge in [0, 0.05) is 29.7 Å². The van der Waals surface area contributed by atoms with E-state index in [0.29, 0.717) is 5.56 Å². The fourth-order valence-corrected chi connectivity index (χ4v) is 2.47. The Balaban J connectivity index is 1.51.